The summed E-state index contributed by atoms with van der Waals surface area (Å²) in [5, 5.41) is 18.6. The molecule has 45 heavy (non-hydrogen) atoms. The Hall–Kier alpha value is -3.38. The molecule has 0 saturated heterocycles. The highest BCUT2D eigenvalue weighted by molar-refractivity contribution is 7.89. The normalized spacial score (nSPS) is 11.9. The molecule has 0 saturated carbocycles. The zero-order valence-electron chi connectivity index (χ0n) is 26.8. The van der Waals surface area contributed by atoms with Crippen molar-refractivity contribution in [3.8, 4) is 22.1 Å². The van der Waals surface area contributed by atoms with E-state index in [1.165, 1.54) is 98.8 Å². The number of carboxylic acid groups (broad SMARTS) is 1. The molecule has 3 aromatic rings. The molecule has 1 aromatic heterocycles. The van der Waals surface area contributed by atoms with Gasteiger partial charge in [-0.15, -0.1) is 5.10 Å². The molecule has 0 fully saturated rings. The van der Waals surface area contributed by atoms with Crippen LogP contribution in [0.1, 0.15) is 107 Å². The number of unbranched alkanes of at least 4 members (excludes halogenated alkanes) is 13. The molecule has 12 heteroatoms. The number of nitrogens with zero attached hydrogens (tertiary/aromatic N) is 3. The summed E-state index contributed by atoms with van der Waals surface area (Å²) in [5.41, 5.74) is 0.665. The van der Waals surface area contributed by atoms with Crippen LogP contribution in [-0.2, 0) is 17.1 Å². The van der Waals surface area contributed by atoms with Crippen molar-refractivity contribution in [2.24, 2.45) is 12.1 Å². The molecule has 248 valence electrons. The topological polar surface area (TPSA) is 132 Å². The average molecular weight is 661 g/mol. The van der Waals surface area contributed by atoms with Crippen LogP contribution in [0.2, 0.25) is 0 Å². The first kappa shape index (κ1) is 36.1. The second-order valence-corrected chi connectivity index (χ2v) is 13.7. The standard InChI is InChI=1S/C33H48N4O6S2/c1-4-5-6-7-8-9-10-11-12-13-14-15-16-17-24-43-29-23-20-27(32(38)39)25-30(29)45(40,41)36-34-33-37(2)35-31(44-33)26-18-21-28(42-3)22-19-26/h18-23,25,36H,4-17,24H2,1-3H3,(H,38,39). The van der Waals surface area contributed by atoms with E-state index < -0.39 is 16.0 Å². The molecule has 0 bridgehead atoms. The second-order valence-electron chi connectivity index (χ2n) is 11.2. The summed E-state index contributed by atoms with van der Waals surface area (Å²) in [6.07, 6.45) is 17.3. The molecule has 3 rings (SSSR count). The SMILES string of the molecule is CCCCCCCCCCCCCCCCOc1ccc(C(=O)O)cc1S(=O)(=O)NN=c1sc(-c2ccc(OC)cc2)nn1C. The Morgan fingerprint density at radius 2 is 1.49 bits per heavy atom. The molecule has 0 radical (unpaired) electrons. The Labute approximate surface area is 271 Å². The lowest BCUT2D eigenvalue weighted by atomic mass is 10.0. The van der Waals surface area contributed by atoms with Gasteiger partial charge in [0.25, 0.3) is 10.0 Å². The number of aromatic nitrogens is 2. The van der Waals surface area contributed by atoms with E-state index in [-0.39, 0.29) is 16.2 Å². The Balaban J connectivity index is 1.51. The lowest BCUT2D eigenvalue weighted by molar-refractivity contribution is 0.0696. The van der Waals surface area contributed by atoms with Crippen molar-refractivity contribution in [3.63, 3.8) is 0 Å². The number of aryl methyl sites for hydroxylation is 1. The first-order valence-corrected chi connectivity index (χ1v) is 18.3. The predicted octanol–water partition coefficient (Wildman–Crippen LogP) is 7.51. The van der Waals surface area contributed by atoms with Gasteiger partial charge in [0.2, 0.25) is 4.80 Å². The van der Waals surface area contributed by atoms with Crippen LogP contribution in [-0.4, -0.2) is 43.0 Å². The summed E-state index contributed by atoms with van der Waals surface area (Å²) < 4.78 is 39.1. The molecule has 2 aromatic carbocycles. The van der Waals surface area contributed by atoms with Crippen LogP contribution in [0.25, 0.3) is 10.6 Å². The molecule has 1 heterocycles. The monoisotopic (exact) mass is 660 g/mol. The van der Waals surface area contributed by atoms with E-state index in [4.69, 9.17) is 9.47 Å². The van der Waals surface area contributed by atoms with Crippen LogP contribution in [0.5, 0.6) is 11.5 Å². The maximum absolute atomic E-state index is 13.3. The van der Waals surface area contributed by atoms with Gasteiger partial charge in [-0.05, 0) is 48.9 Å². The molecule has 0 amide bonds. The van der Waals surface area contributed by atoms with Crippen LogP contribution in [0.3, 0.4) is 0 Å². The largest absolute Gasteiger partial charge is 0.497 e. The Kier molecular flexibility index (Phi) is 15.4. The maximum Gasteiger partial charge on any atom is 0.335 e. The van der Waals surface area contributed by atoms with E-state index in [0.717, 1.165) is 30.9 Å². The van der Waals surface area contributed by atoms with Crippen molar-refractivity contribution in [1.82, 2.24) is 14.6 Å². The lowest BCUT2D eigenvalue weighted by Crippen LogP contribution is -2.24. The third-order valence-electron chi connectivity index (χ3n) is 7.54. The fourth-order valence-electron chi connectivity index (χ4n) is 4.89. The zero-order chi connectivity index (χ0) is 32.5. The van der Waals surface area contributed by atoms with Crippen LogP contribution >= 0.6 is 11.3 Å². The van der Waals surface area contributed by atoms with Crippen molar-refractivity contribution >= 4 is 27.3 Å². The lowest BCUT2D eigenvalue weighted by Gasteiger charge is -2.12. The summed E-state index contributed by atoms with van der Waals surface area (Å²) in [5.74, 6) is -0.437. The van der Waals surface area contributed by atoms with E-state index in [2.05, 4.69) is 22.0 Å². The van der Waals surface area contributed by atoms with Crippen molar-refractivity contribution in [2.75, 3.05) is 13.7 Å². The Morgan fingerprint density at radius 3 is 2.04 bits per heavy atom. The van der Waals surface area contributed by atoms with Crippen molar-refractivity contribution in [3.05, 3.63) is 52.8 Å². The van der Waals surface area contributed by atoms with Crippen molar-refractivity contribution < 1.29 is 27.8 Å². The van der Waals surface area contributed by atoms with E-state index in [1.807, 2.05) is 24.3 Å². The number of benzene rings is 2. The molecular formula is C33H48N4O6S2. The molecule has 0 unspecified atom stereocenters. The number of aromatic carboxylic acids is 1. The van der Waals surface area contributed by atoms with Crippen molar-refractivity contribution in [2.45, 2.75) is 102 Å². The van der Waals surface area contributed by atoms with Gasteiger partial charge in [0, 0.05) is 12.6 Å². The quantitative estimate of drug-likeness (QED) is 0.0842. The summed E-state index contributed by atoms with van der Waals surface area (Å²) >= 11 is 1.20. The number of rotatable bonds is 22. The van der Waals surface area contributed by atoms with Gasteiger partial charge in [-0.2, -0.15) is 18.3 Å². The Bertz CT molecular complexity index is 1500. The number of methoxy groups -OCH3 is 1. The summed E-state index contributed by atoms with van der Waals surface area (Å²) in [6.45, 7) is 2.58. The van der Waals surface area contributed by atoms with E-state index in [0.29, 0.717) is 22.2 Å². The predicted molar refractivity (Wildman–Crippen MR) is 178 cm³/mol. The second kappa shape index (κ2) is 19.2. The molecule has 10 nitrogen and oxygen atoms in total. The molecule has 0 aliphatic heterocycles. The minimum atomic E-state index is -4.25. The number of sulfonamides is 1. The van der Waals surface area contributed by atoms with Gasteiger partial charge in [0.15, 0.2) is 0 Å². The molecule has 0 atom stereocenters. The fourth-order valence-corrected chi connectivity index (χ4v) is 6.79. The number of carbonyl (C=O) groups is 1. The maximum atomic E-state index is 13.3. The zero-order valence-corrected chi connectivity index (χ0v) is 28.4. The van der Waals surface area contributed by atoms with E-state index in [9.17, 15) is 18.3 Å². The summed E-state index contributed by atoms with van der Waals surface area (Å²) in [6, 6.07) is 11.1. The third-order valence-corrected chi connectivity index (χ3v) is 9.82. The highest BCUT2D eigenvalue weighted by Gasteiger charge is 2.22. The van der Waals surface area contributed by atoms with Gasteiger partial charge in [-0.25, -0.2) is 9.48 Å². The Morgan fingerprint density at radius 1 is 0.911 bits per heavy atom. The smallest absolute Gasteiger partial charge is 0.335 e. The van der Waals surface area contributed by atoms with E-state index >= 15 is 0 Å². The minimum absolute atomic E-state index is 0.0880. The number of hydrogen-bond donors (Lipinski definition) is 2. The van der Waals surface area contributed by atoms with Gasteiger partial charge in [0.1, 0.15) is 21.4 Å². The number of nitrogens with one attached hydrogen (secondary N) is 1. The molecule has 0 spiro atoms. The average Bonchev–Trinajstić information content (AvgIpc) is 3.42. The first-order chi connectivity index (χ1) is 21.7. The summed E-state index contributed by atoms with van der Waals surface area (Å²) in [7, 11) is -1.01. The van der Waals surface area contributed by atoms with Crippen LogP contribution in [0.15, 0.2) is 52.5 Å². The highest BCUT2D eigenvalue weighted by Crippen LogP contribution is 2.26. The molecule has 0 aliphatic rings. The van der Waals surface area contributed by atoms with Gasteiger partial charge in [-0.3, -0.25) is 0 Å². The van der Waals surface area contributed by atoms with Gasteiger partial charge >= 0.3 is 5.97 Å². The third kappa shape index (κ3) is 12.1. The first-order valence-electron chi connectivity index (χ1n) is 16.0. The highest BCUT2D eigenvalue weighted by atomic mass is 32.2. The molecular weight excluding hydrogens is 613 g/mol. The van der Waals surface area contributed by atoms with Crippen LogP contribution in [0, 0.1) is 0 Å². The number of hydrogen-bond acceptors (Lipinski definition) is 8. The minimum Gasteiger partial charge on any atom is -0.497 e. The number of carboxylic acids is 1. The fraction of sp³-hybridized carbons (Fsp3) is 0.545. The molecule has 0 aliphatic carbocycles. The number of ether oxygens (including phenoxy) is 2. The molecule has 2 N–H and O–H groups in total. The van der Waals surface area contributed by atoms with Gasteiger partial charge in [-0.1, -0.05) is 102 Å². The van der Waals surface area contributed by atoms with Crippen LogP contribution in [0.4, 0.5) is 0 Å². The van der Waals surface area contributed by atoms with Gasteiger partial charge < -0.3 is 14.6 Å². The van der Waals surface area contributed by atoms with Gasteiger partial charge in [0.05, 0.1) is 19.3 Å². The summed E-state index contributed by atoms with van der Waals surface area (Å²) in [4.78, 5) is 13.9. The van der Waals surface area contributed by atoms with E-state index in [1.54, 1.807) is 14.2 Å². The van der Waals surface area contributed by atoms with Crippen LogP contribution < -0.4 is 19.1 Å². The van der Waals surface area contributed by atoms with Crippen molar-refractivity contribution in [1.29, 1.82) is 0 Å².